The lowest BCUT2D eigenvalue weighted by Gasteiger charge is -2.14. The molecule has 2 aliphatic carbocycles. The molecule has 0 saturated heterocycles. The Balaban J connectivity index is 2.10. The lowest BCUT2D eigenvalue weighted by Crippen LogP contribution is -1.96. The Labute approximate surface area is 67.7 Å². The Bertz CT molecular complexity index is 223. The minimum atomic E-state index is 1.09. The molecule has 0 spiro atoms. The lowest BCUT2D eigenvalue weighted by atomic mass is 9.99. The van der Waals surface area contributed by atoms with Crippen LogP contribution in [0.1, 0.15) is 32.1 Å². The molecule has 0 fully saturated rings. The molecule has 2 rings (SSSR count). The van der Waals surface area contributed by atoms with Crippen molar-refractivity contribution in [1.82, 2.24) is 0 Å². The molecule has 0 amide bonds. The zero-order valence-electron chi connectivity index (χ0n) is 7.02. The topological polar surface area (TPSA) is 9.23 Å². The summed E-state index contributed by atoms with van der Waals surface area (Å²) in [6, 6.07) is 0. The third-order valence-corrected chi connectivity index (χ3v) is 2.68. The van der Waals surface area contributed by atoms with Crippen molar-refractivity contribution < 1.29 is 4.74 Å². The third-order valence-electron chi connectivity index (χ3n) is 2.68. The summed E-state index contributed by atoms with van der Waals surface area (Å²) in [6.45, 7) is 0. The quantitative estimate of drug-likeness (QED) is 0.522. The lowest BCUT2D eigenvalue weighted by molar-refractivity contribution is 0.279. The Morgan fingerprint density at radius 2 is 2.09 bits per heavy atom. The largest absolute Gasteiger partial charge is 0.501 e. The van der Waals surface area contributed by atoms with E-state index < -0.39 is 0 Å². The Hall–Kier alpha value is -0.720. The molecule has 0 heterocycles. The van der Waals surface area contributed by atoms with Crippen LogP contribution in [-0.4, -0.2) is 7.11 Å². The van der Waals surface area contributed by atoms with Gasteiger partial charge in [0.15, 0.2) is 0 Å². The van der Waals surface area contributed by atoms with E-state index in [1.54, 1.807) is 18.3 Å². The molecule has 1 heteroatoms. The summed E-state index contributed by atoms with van der Waals surface area (Å²) in [7, 11) is 1.77. The fraction of sp³-hybridized carbons (Fsp3) is 0.600. The highest BCUT2D eigenvalue weighted by atomic mass is 16.5. The van der Waals surface area contributed by atoms with Crippen LogP contribution in [0.15, 0.2) is 23.0 Å². The fourth-order valence-corrected chi connectivity index (χ4v) is 2.00. The third kappa shape index (κ3) is 1.20. The van der Waals surface area contributed by atoms with Crippen molar-refractivity contribution in [2.75, 3.05) is 7.11 Å². The highest BCUT2D eigenvalue weighted by Crippen LogP contribution is 2.36. The maximum Gasteiger partial charge on any atom is 0.0959 e. The first-order chi connectivity index (χ1) is 5.40. The number of ether oxygens (including phenoxy) is 1. The molecule has 0 aromatic heterocycles. The van der Waals surface area contributed by atoms with E-state index >= 15 is 0 Å². The summed E-state index contributed by atoms with van der Waals surface area (Å²) in [4.78, 5) is 0. The van der Waals surface area contributed by atoms with Gasteiger partial charge >= 0.3 is 0 Å². The Morgan fingerprint density at radius 1 is 1.27 bits per heavy atom. The second-order valence-corrected chi connectivity index (χ2v) is 3.32. The molecule has 2 aliphatic rings. The monoisotopic (exact) mass is 150 g/mol. The van der Waals surface area contributed by atoms with E-state index in [0.717, 1.165) is 12.8 Å². The second-order valence-electron chi connectivity index (χ2n) is 3.32. The van der Waals surface area contributed by atoms with Gasteiger partial charge in [0, 0.05) is 6.42 Å². The number of methoxy groups -OCH3 is 1. The van der Waals surface area contributed by atoms with Crippen molar-refractivity contribution in [2.24, 2.45) is 0 Å². The van der Waals surface area contributed by atoms with E-state index in [1.165, 1.54) is 25.0 Å². The van der Waals surface area contributed by atoms with Crippen LogP contribution in [0.4, 0.5) is 0 Å². The van der Waals surface area contributed by atoms with Crippen LogP contribution in [-0.2, 0) is 4.74 Å². The molecule has 0 aliphatic heterocycles. The van der Waals surface area contributed by atoms with Gasteiger partial charge in [-0.3, -0.25) is 0 Å². The first-order valence-electron chi connectivity index (χ1n) is 4.33. The van der Waals surface area contributed by atoms with Crippen molar-refractivity contribution in [2.45, 2.75) is 32.1 Å². The molecule has 0 N–H and O–H groups in total. The van der Waals surface area contributed by atoms with Crippen molar-refractivity contribution in [3.05, 3.63) is 23.0 Å². The predicted molar refractivity (Wildman–Crippen MR) is 45.2 cm³/mol. The maximum absolute atomic E-state index is 5.23. The molecular weight excluding hydrogens is 136 g/mol. The molecule has 0 radical (unpaired) electrons. The zero-order valence-corrected chi connectivity index (χ0v) is 7.02. The summed E-state index contributed by atoms with van der Waals surface area (Å²) in [5, 5.41) is 0. The molecule has 1 nitrogen and oxygen atoms in total. The molecule has 0 atom stereocenters. The SMILES string of the molecule is COC1=CCC2=C(CCC2)C1. The highest BCUT2D eigenvalue weighted by molar-refractivity contribution is 5.29. The first-order valence-corrected chi connectivity index (χ1v) is 4.33. The van der Waals surface area contributed by atoms with Crippen molar-refractivity contribution in [3.8, 4) is 0 Å². The summed E-state index contributed by atoms with van der Waals surface area (Å²) in [5.41, 5.74) is 3.34. The van der Waals surface area contributed by atoms with Gasteiger partial charge in [-0.2, -0.15) is 0 Å². The van der Waals surface area contributed by atoms with Gasteiger partial charge in [-0.05, 0) is 31.8 Å². The standard InChI is InChI=1S/C10H14O/c1-11-10-6-5-8-3-2-4-9(8)7-10/h6H,2-5,7H2,1H3. The fourth-order valence-electron chi connectivity index (χ4n) is 2.00. The first kappa shape index (κ1) is 6.96. The van der Waals surface area contributed by atoms with Crippen LogP contribution in [0.5, 0.6) is 0 Å². The summed E-state index contributed by atoms with van der Waals surface area (Å²) in [5.74, 6) is 1.17. The molecule has 0 bridgehead atoms. The van der Waals surface area contributed by atoms with E-state index in [9.17, 15) is 0 Å². The maximum atomic E-state index is 5.23. The van der Waals surface area contributed by atoms with Gasteiger partial charge in [-0.25, -0.2) is 0 Å². The van der Waals surface area contributed by atoms with Gasteiger partial charge in [0.2, 0.25) is 0 Å². The highest BCUT2D eigenvalue weighted by Gasteiger charge is 2.18. The molecular formula is C10H14O. The summed E-state index contributed by atoms with van der Waals surface area (Å²) in [6.07, 6.45) is 8.49. The smallest absolute Gasteiger partial charge is 0.0959 e. The number of allylic oxidation sites excluding steroid dienone is 3. The van der Waals surface area contributed by atoms with Crippen molar-refractivity contribution in [1.29, 1.82) is 0 Å². The molecule has 0 aromatic rings. The van der Waals surface area contributed by atoms with Gasteiger partial charge < -0.3 is 4.74 Å². The molecule has 60 valence electrons. The van der Waals surface area contributed by atoms with E-state index in [0.29, 0.717) is 0 Å². The number of rotatable bonds is 1. The van der Waals surface area contributed by atoms with Crippen molar-refractivity contribution >= 4 is 0 Å². The number of hydrogen-bond donors (Lipinski definition) is 0. The molecule has 0 aromatic carbocycles. The van der Waals surface area contributed by atoms with E-state index in [-0.39, 0.29) is 0 Å². The average molecular weight is 150 g/mol. The van der Waals surface area contributed by atoms with E-state index in [1.807, 2.05) is 0 Å². The average Bonchev–Trinajstić information content (AvgIpc) is 2.50. The Morgan fingerprint density at radius 3 is 2.91 bits per heavy atom. The van der Waals surface area contributed by atoms with Crippen LogP contribution >= 0.6 is 0 Å². The van der Waals surface area contributed by atoms with E-state index in [2.05, 4.69) is 6.08 Å². The van der Waals surface area contributed by atoms with Crippen LogP contribution in [0.25, 0.3) is 0 Å². The predicted octanol–water partition coefficient (Wildman–Crippen LogP) is 2.79. The second kappa shape index (κ2) is 2.72. The normalized spacial score (nSPS) is 23.2. The van der Waals surface area contributed by atoms with Gasteiger partial charge in [-0.15, -0.1) is 0 Å². The molecule has 0 unspecified atom stereocenters. The minimum absolute atomic E-state index is 1.09. The molecule has 0 saturated carbocycles. The van der Waals surface area contributed by atoms with Crippen LogP contribution in [0, 0.1) is 0 Å². The summed E-state index contributed by atoms with van der Waals surface area (Å²) >= 11 is 0. The van der Waals surface area contributed by atoms with Crippen LogP contribution in [0.2, 0.25) is 0 Å². The minimum Gasteiger partial charge on any atom is -0.501 e. The van der Waals surface area contributed by atoms with Crippen LogP contribution < -0.4 is 0 Å². The van der Waals surface area contributed by atoms with E-state index in [4.69, 9.17) is 4.74 Å². The van der Waals surface area contributed by atoms with Gasteiger partial charge in [0.1, 0.15) is 0 Å². The Kier molecular flexibility index (Phi) is 1.72. The zero-order chi connectivity index (χ0) is 7.68. The van der Waals surface area contributed by atoms with Gasteiger partial charge in [-0.1, -0.05) is 11.1 Å². The van der Waals surface area contributed by atoms with Gasteiger partial charge in [0.05, 0.1) is 12.9 Å². The molecule has 11 heavy (non-hydrogen) atoms. The summed E-state index contributed by atoms with van der Waals surface area (Å²) < 4.78 is 5.23. The number of hydrogen-bond acceptors (Lipinski definition) is 1. The van der Waals surface area contributed by atoms with Crippen molar-refractivity contribution in [3.63, 3.8) is 0 Å². The van der Waals surface area contributed by atoms with Gasteiger partial charge in [0.25, 0.3) is 0 Å². The van der Waals surface area contributed by atoms with Crippen LogP contribution in [0.3, 0.4) is 0 Å².